The fourth-order valence-corrected chi connectivity index (χ4v) is 0.649. The van der Waals surface area contributed by atoms with Crippen molar-refractivity contribution in [2.75, 3.05) is 11.1 Å². The number of nitrogens with one attached hydrogen (secondary N) is 1. The van der Waals surface area contributed by atoms with Crippen molar-refractivity contribution in [2.45, 2.75) is 0 Å². The van der Waals surface area contributed by atoms with Crippen LogP contribution in [0.1, 0.15) is 0 Å². The van der Waals surface area contributed by atoms with Crippen LogP contribution in [0.3, 0.4) is 0 Å². The second-order valence-electron chi connectivity index (χ2n) is 1.80. The second-order valence-corrected chi connectivity index (χ2v) is 1.80. The third-order valence-electron chi connectivity index (χ3n) is 1.09. The van der Waals surface area contributed by atoms with Gasteiger partial charge in [-0.15, -0.1) is 0 Å². The molecular weight excluding hydrogens is 112 g/mol. The summed E-state index contributed by atoms with van der Waals surface area (Å²) in [7, 11) is 3.49. The van der Waals surface area contributed by atoms with Crippen LogP contribution in [0.4, 0.5) is 11.4 Å². The molecule has 0 aliphatic rings. The molecule has 1 aromatic rings. The van der Waals surface area contributed by atoms with Crippen molar-refractivity contribution in [3.63, 3.8) is 0 Å². The first-order chi connectivity index (χ1) is 4.33. The van der Waals surface area contributed by atoms with Crippen molar-refractivity contribution in [1.29, 1.82) is 0 Å². The highest BCUT2D eigenvalue weighted by Gasteiger charge is 1.85. The largest absolute Gasteiger partial charge is 0.399 e. The molecular formula is C7H9N2. The molecule has 0 atom stereocenters. The minimum atomic E-state index is 0.753. The molecule has 1 rings (SSSR count). The van der Waals surface area contributed by atoms with Crippen molar-refractivity contribution < 1.29 is 0 Å². The lowest BCUT2D eigenvalue weighted by atomic mass is 10.3. The molecule has 1 radical (unpaired) electrons. The Morgan fingerprint density at radius 2 is 2.22 bits per heavy atom. The maximum atomic E-state index is 5.47. The molecule has 0 fully saturated rings. The Bertz CT molecular complexity index is 196. The van der Waals surface area contributed by atoms with Crippen LogP contribution in [0.15, 0.2) is 24.3 Å². The van der Waals surface area contributed by atoms with Crippen LogP contribution in [-0.4, -0.2) is 0 Å². The highest BCUT2D eigenvalue weighted by atomic mass is 14.8. The van der Waals surface area contributed by atoms with Crippen molar-refractivity contribution in [3.8, 4) is 0 Å². The molecule has 9 heavy (non-hydrogen) atoms. The van der Waals surface area contributed by atoms with Gasteiger partial charge in [-0.2, -0.15) is 0 Å². The fourth-order valence-electron chi connectivity index (χ4n) is 0.649. The first-order valence-electron chi connectivity index (χ1n) is 2.71. The van der Waals surface area contributed by atoms with E-state index in [2.05, 4.69) is 12.4 Å². The minimum absolute atomic E-state index is 0.753. The molecule has 3 N–H and O–H groups in total. The summed E-state index contributed by atoms with van der Waals surface area (Å²) in [6.45, 7) is 0. The summed E-state index contributed by atoms with van der Waals surface area (Å²) >= 11 is 0. The monoisotopic (exact) mass is 121 g/mol. The molecule has 0 heterocycles. The Balaban J connectivity index is 2.94. The molecule has 0 amide bonds. The van der Waals surface area contributed by atoms with Gasteiger partial charge in [0.1, 0.15) is 0 Å². The van der Waals surface area contributed by atoms with E-state index < -0.39 is 0 Å². The van der Waals surface area contributed by atoms with Gasteiger partial charge in [-0.3, -0.25) is 0 Å². The SMILES string of the molecule is [CH2]Nc1cccc(N)c1. The standard InChI is InChI=1S/C7H9N2/c1-9-7-4-2-3-6(8)5-7/h2-5,9H,1,8H2. The Morgan fingerprint density at radius 1 is 1.44 bits per heavy atom. The van der Waals surface area contributed by atoms with Gasteiger partial charge in [0, 0.05) is 18.4 Å². The maximum absolute atomic E-state index is 5.47. The van der Waals surface area contributed by atoms with Crippen molar-refractivity contribution >= 4 is 11.4 Å². The molecule has 0 saturated carbocycles. The topological polar surface area (TPSA) is 38.0 Å². The van der Waals surface area contributed by atoms with Crippen LogP contribution in [0.2, 0.25) is 0 Å². The summed E-state index contributed by atoms with van der Waals surface area (Å²) in [5.41, 5.74) is 7.16. The molecule has 0 spiro atoms. The molecule has 0 saturated heterocycles. The Kier molecular flexibility index (Phi) is 1.58. The summed E-state index contributed by atoms with van der Waals surface area (Å²) < 4.78 is 0. The quantitative estimate of drug-likeness (QED) is 0.552. The highest BCUT2D eigenvalue weighted by molar-refractivity contribution is 5.54. The van der Waals surface area contributed by atoms with Gasteiger partial charge in [-0.05, 0) is 18.2 Å². The smallest absolute Gasteiger partial charge is 0.0361 e. The number of benzene rings is 1. The van der Waals surface area contributed by atoms with E-state index >= 15 is 0 Å². The molecule has 2 nitrogen and oxygen atoms in total. The van der Waals surface area contributed by atoms with Gasteiger partial charge < -0.3 is 11.1 Å². The van der Waals surface area contributed by atoms with Gasteiger partial charge in [-0.25, -0.2) is 0 Å². The van der Waals surface area contributed by atoms with Gasteiger partial charge in [0.15, 0.2) is 0 Å². The van der Waals surface area contributed by atoms with Crippen LogP contribution in [-0.2, 0) is 0 Å². The van der Waals surface area contributed by atoms with Crippen LogP contribution >= 0.6 is 0 Å². The van der Waals surface area contributed by atoms with Gasteiger partial charge >= 0.3 is 0 Å². The number of anilines is 2. The van der Waals surface area contributed by atoms with Crippen molar-refractivity contribution in [3.05, 3.63) is 31.3 Å². The number of nitrogen functional groups attached to an aromatic ring is 1. The zero-order valence-electron chi connectivity index (χ0n) is 5.09. The first-order valence-corrected chi connectivity index (χ1v) is 2.71. The van der Waals surface area contributed by atoms with Crippen LogP contribution in [0, 0.1) is 7.05 Å². The number of hydrogen-bond donors (Lipinski definition) is 2. The van der Waals surface area contributed by atoms with Crippen LogP contribution < -0.4 is 11.1 Å². The van der Waals surface area contributed by atoms with E-state index in [9.17, 15) is 0 Å². The van der Waals surface area contributed by atoms with E-state index in [-0.39, 0.29) is 0 Å². The summed E-state index contributed by atoms with van der Waals surface area (Å²) in [6.07, 6.45) is 0. The number of nitrogens with two attached hydrogens (primary N) is 1. The van der Waals surface area contributed by atoms with Gasteiger partial charge in [-0.1, -0.05) is 6.07 Å². The van der Waals surface area contributed by atoms with Crippen molar-refractivity contribution in [1.82, 2.24) is 0 Å². The number of rotatable bonds is 1. The third-order valence-corrected chi connectivity index (χ3v) is 1.09. The van der Waals surface area contributed by atoms with E-state index in [4.69, 9.17) is 5.73 Å². The molecule has 0 unspecified atom stereocenters. The average molecular weight is 121 g/mol. The van der Waals surface area contributed by atoms with Gasteiger partial charge in [0.25, 0.3) is 0 Å². The predicted molar refractivity (Wildman–Crippen MR) is 39.8 cm³/mol. The molecule has 0 bridgehead atoms. The molecule has 1 aromatic carbocycles. The lowest BCUT2D eigenvalue weighted by Gasteiger charge is -1.98. The molecule has 0 aliphatic heterocycles. The summed E-state index contributed by atoms with van der Waals surface area (Å²) in [4.78, 5) is 0. The van der Waals surface area contributed by atoms with E-state index in [1.54, 1.807) is 0 Å². The lowest BCUT2D eigenvalue weighted by Crippen LogP contribution is -1.87. The Morgan fingerprint density at radius 3 is 2.67 bits per heavy atom. The van der Waals surface area contributed by atoms with Crippen molar-refractivity contribution in [2.24, 2.45) is 0 Å². The molecule has 2 heteroatoms. The average Bonchev–Trinajstić information content (AvgIpc) is 1.88. The summed E-state index contributed by atoms with van der Waals surface area (Å²) in [6, 6.07) is 7.44. The molecule has 47 valence electrons. The van der Waals surface area contributed by atoms with Gasteiger partial charge in [0.05, 0.1) is 0 Å². The first kappa shape index (κ1) is 5.95. The highest BCUT2D eigenvalue weighted by Crippen LogP contribution is 2.10. The molecule has 0 aliphatic carbocycles. The normalized spacial score (nSPS) is 9.00. The Labute approximate surface area is 54.7 Å². The molecule has 0 aromatic heterocycles. The van der Waals surface area contributed by atoms with E-state index in [1.807, 2.05) is 24.3 Å². The predicted octanol–water partition coefficient (Wildman–Crippen LogP) is 1.47. The zero-order chi connectivity index (χ0) is 6.69. The lowest BCUT2D eigenvalue weighted by molar-refractivity contribution is 1.59. The third kappa shape index (κ3) is 1.35. The van der Waals surface area contributed by atoms with E-state index in [0.717, 1.165) is 11.4 Å². The number of hydrogen-bond acceptors (Lipinski definition) is 2. The Hall–Kier alpha value is -1.18. The maximum Gasteiger partial charge on any atom is 0.0361 e. The van der Waals surface area contributed by atoms with Crippen LogP contribution in [0.25, 0.3) is 0 Å². The van der Waals surface area contributed by atoms with Crippen LogP contribution in [0.5, 0.6) is 0 Å². The zero-order valence-corrected chi connectivity index (χ0v) is 5.09. The van der Waals surface area contributed by atoms with E-state index in [1.165, 1.54) is 0 Å². The van der Waals surface area contributed by atoms with Gasteiger partial charge in [0.2, 0.25) is 0 Å². The fraction of sp³-hybridized carbons (Fsp3) is 0. The second kappa shape index (κ2) is 2.40. The summed E-state index contributed by atoms with van der Waals surface area (Å²) in [5.74, 6) is 0. The van der Waals surface area contributed by atoms with E-state index in [0.29, 0.717) is 0 Å². The summed E-state index contributed by atoms with van der Waals surface area (Å²) in [5, 5.41) is 2.74. The minimum Gasteiger partial charge on any atom is -0.399 e.